The van der Waals surface area contributed by atoms with Gasteiger partial charge in [0.15, 0.2) is 0 Å². The largest absolute Gasteiger partial charge is 0.396 e. The maximum absolute atomic E-state index is 9.96. The molecule has 1 unspecified atom stereocenters. The zero-order chi connectivity index (χ0) is 9.24. The first kappa shape index (κ1) is 9.92. The molecule has 1 fully saturated rings. The molecule has 72 valence electrons. The Kier molecular flexibility index (Phi) is 2.73. The van der Waals surface area contributed by atoms with E-state index >= 15 is 0 Å². The Morgan fingerprint density at radius 1 is 1.58 bits per heavy atom. The Morgan fingerprint density at radius 2 is 2.17 bits per heavy atom. The second-order valence-electron chi connectivity index (χ2n) is 3.79. The van der Waals surface area contributed by atoms with Crippen molar-refractivity contribution in [1.82, 2.24) is 5.32 Å². The maximum atomic E-state index is 9.96. The molecule has 1 rings (SSSR count). The fraction of sp³-hybridized carbons (Fsp3) is 1.00. The molecule has 1 aliphatic rings. The van der Waals surface area contributed by atoms with Crippen LogP contribution in [-0.4, -0.2) is 49.2 Å². The molecule has 1 saturated heterocycles. The van der Waals surface area contributed by atoms with Gasteiger partial charge >= 0.3 is 0 Å². The normalized spacial score (nSPS) is 26.0. The molecular weight excluding hydrogens is 158 g/mol. The van der Waals surface area contributed by atoms with Gasteiger partial charge in [-0.2, -0.15) is 0 Å². The van der Waals surface area contributed by atoms with Crippen LogP contribution in [0.1, 0.15) is 6.92 Å². The lowest BCUT2D eigenvalue weighted by Gasteiger charge is -2.49. The lowest BCUT2D eigenvalue weighted by atomic mass is 9.71. The van der Waals surface area contributed by atoms with Gasteiger partial charge in [-0.25, -0.2) is 0 Å². The third kappa shape index (κ3) is 1.35. The molecule has 0 aromatic heterocycles. The van der Waals surface area contributed by atoms with Gasteiger partial charge in [-0.05, 0) is 0 Å². The number of aliphatic hydroxyl groups excluding tert-OH is 1. The molecule has 0 saturated carbocycles. The van der Waals surface area contributed by atoms with E-state index in [0.717, 1.165) is 0 Å². The molecule has 0 aromatic carbocycles. The first-order chi connectivity index (χ1) is 5.58. The molecule has 1 heterocycles. The van der Waals surface area contributed by atoms with E-state index in [9.17, 15) is 5.11 Å². The van der Waals surface area contributed by atoms with Crippen LogP contribution in [-0.2, 0) is 4.74 Å². The molecule has 12 heavy (non-hydrogen) atoms. The van der Waals surface area contributed by atoms with Crippen LogP contribution in [0.2, 0.25) is 0 Å². The molecule has 4 nitrogen and oxygen atoms in total. The monoisotopic (exact) mass is 175 g/mol. The van der Waals surface area contributed by atoms with Gasteiger partial charge in [-0.1, -0.05) is 6.92 Å². The summed E-state index contributed by atoms with van der Waals surface area (Å²) in [6.07, 6.45) is 0. The van der Waals surface area contributed by atoms with Crippen molar-refractivity contribution >= 4 is 0 Å². The summed E-state index contributed by atoms with van der Waals surface area (Å²) in [4.78, 5) is 0. The van der Waals surface area contributed by atoms with Gasteiger partial charge in [0.25, 0.3) is 0 Å². The van der Waals surface area contributed by atoms with E-state index < -0.39 is 11.0 Å². The highest BCUT2D eigenvalue weighted by molar-refractivity contribution is 5.05. The molecule has 3 N–H and O–H groups in total. The number of hydrogen-bond donors (Lipinski definition) is 3. The van der Waals surface area contributed by atoms with Crippen LogP contribution in [0.15, 0.2) is 0 Å². The summed E-state index contributed by atoms with van der Waals surface area (Å²) in [5.41, 5.74) is -1.36. The minimum absolute atomic E-state index is 0.0565. The van der Waals surface area contributed by atoms with Crippen LogP contribution in [0.4, 0.5) is 0 Å². The molecule has 0 radical (unpaired) electrons. The van der Waals surface area contributed by atoms with Crippen molar-refractivity contribution in [2.45, 2.75) is 12.5 Å². The molecule has 0 aromatic rings. The summed E-state index contributed by atoms with van der Waals surface area (Å²) in [5, 5.41) is 22.1. The fourth-order valence-corrected chi connectivity index (χ4v) is 1.43. The highest BCUT2D eigenvalue weighted by Gasteiger charge is 2.50. The van der Waals surface area contributed by atoms with Crippen molar-refractivity contribution in [2.24, 2.45) is 5.41 Å². The number of β-amino-alcohol motifs (C(OH)–C–C–N with tert-alkyl or cyclic N) is 1. The third-order valence-corrected chi connectivity index (χ3v) is 2.77. The SMILES string of the molecule is COCC(C)(CO)C1(O)CNC1. The first-order valence-electron chi connectivity index (χ1n) is 4.11. The van der Waals surface area contributed by atoms with Crippen LogP contribution in [0.25, 0.3) is 0 Å². The van der Waals surface area contributed by atoms with Gasteiger partial charge in [0.05, 0.1) is 18.8 Å². The second-order valence-corrected chi connectivity index (χ2v) is 3.79. The van der Waals surface area contributed by atoms with Gasteiger partial charge in [0.2, 0.25) is 0 Å². The van der Waals surface area contributed by atoms with Crippen LogP contribution >= 0.6 is 0 Å². The zero-order valence-electron chi connectivity index (χ0n) is 7.63. The minimum Gasteiger partial charge on any atom is -0.396 e. The number of aliphatic hydroxyl groups is 2. The number of nitrogens with one attached hydrogen (secondary N) is 1. The molecule has 0 bridgehead atoms. The number of ether oxygens (including phenoxy) is 1. The average Bonchev–Trinajstić information content (AvgIpc) is 2.00. The molecular formula is C8H17NO3. The number of rotatable bonds is 4. The van der Waals surface area contributed by atoms with Crippen LogP contribution < -0.4 is 5.32 Å². The Hall–Kier alpha value is -0.160. The van der Waals surface area contributed by atoms with E-state index in [4.69, 9.17) is 9.84 Å². The van der Waals surface area contributed by atoms with Crippen molar-refractivity contribution in [2.75, 3.05) is 33.4 Å². The van der Waals surface area contributed by atoms with E-state index in [1.807, 2.05) is 6.92 Å². The van der Waals surface area contributed by atoms with Gasteiger partial charge < -0.3 is 20.3 Å². The highest BCUT2D eigenvalue weighted by Crippen LogP contribution is 2.34. The van der Waals surface area contributed by atoms with Crippen molar-refractivity contribution in [3.8, 4) is 0 Å². The molecule has 0 aliphatic carbocycles. The van der Waals surface area contributed by atoms with Gasteiger partial charge in [0.1, 0.15) is 0 Å². The highest BCUT2D eigenvalue weighted by atomic mass is 16.5. The number of methoxy groups -OCH3 is 1. The van der Waals surface area contributed by atoms with Crippen LogP contribution in [0, 0.1) is 5.41 Å². The molecule has 1 aliphatic heterocycles. The van der Waals surface area contributed by atoms with Gasteiger partial charge in [-0.15, -0.1) is 0 Å². The standard InChI is InChI=1S/C8H17NO3/c1-7(5-10,6-12-2)8(11)3-9-4-8/h9-11H,3-6H2,1-2H3. The van der Waals surface area contributed by atoms with E-state index in [-0.39, 0.29) is 6.61 Å². The van der Waals surface area contributed by atoms with E-state index in [2.05, 4.69) is 5.32 Å². The lowest BCUT2D eigenvalue weighted by Crippen LogP contribution is -2.69. The predicted octanol–water partition coefficient (Wildman–Crippen LogP) is -1.03. The van der Waals surface area contributed by atoms with Gasteiger partial charge in [-0.3, -0.25) is 0 Å². The van der Waals surface area contributed by atoms with Crippen LogP contribution in [0.3, 0.4) is 0 Å². The first-order valence-corrected chi connectivity index (χ1v) is 4.11. The summed E-state index contributed by atoms with van der Waals surface area (Å²) in [6, 6.07) is 0. The Bertz CT molecular complexity index is 158. The summed E-state index contributed by atoms with van der Waals surface area (Å²) < 4.78 is 4.97. The quantitative estimate of drug-likeness (QED) is 0.511. The summed E-state index contributed by atoms with van der Waals surface area (Å²) >= 11 is 0. The van der Waals surface area contributed by atoms with Crippen molar-refractivity contribution in [3.63, 3.8) is 0 Å². The average molecular weight is 175 g/mol. The molecule has 4 heteroatoms. The topological polar surface area (TPSA) is 61.7 Å². The van der Waals surface area contributed by atoms with Crippen molar-refractivity contribution in [1.29, 1.82) is 0 Å². The molecule has 1 atom stereocenters. The van der Waals surface area contributed by atoms with Crippen molar-refractivity contribution in [3.05, 3.63) is 0 Å². The Labute approximate surface area is 72.5 Å². The maximum Gasteiger partial charge on any atom is 0.0992 e. The Balaban J connectivity index is 2.64. The summed E-state index contributed by atoms with van der Waals surface area (Å²) in [6.45, 7) is 3.22. The van der Waals surface area contributed by atoms with Gasteiger partial charge in [0, 0.05) is 25.6 Å². The predicted molar refractivity (Wildman–Crippen MR) is 44.9 cm³/mol. The summed E-state index contributed by atoms with van der Waals surface area (Å²) in [5.74, 6) is 0. The second kappa shape index (κ2) is 3.30. The lowest BCUT2D eigenvalue weighted by molar-refractivity contribution is -0.154. The fourth-order valence-electron chi connectivity index (χ4n) is 1.43. The van der Waals surface area contributed by atoms with E-state index in [0.29, 0.717) is 19.7 Å². The number of hydrogen-bond acceptors (Lipinski definition) is 4. The molecule has 0 spiro atoms. The van der Waals surface area contributed by atoms with E-state index in [1.54, 1.807) is 7.11 Å². The third-order valence-electron chi connectivity index (χ3n) is 2.77. The minimum atomic E-state index is -0.808. The van der Waals surface area contributed by atoms with Crippen LogP contribution in [0.5, 0.6) is 0 Å². The molecule has 0 amide bonds. The van der Waals surface area contributed by atoms with Crippen molar-refractivity contribution < 1.29 is 14.9 Å². The Morgan fingerprint density at radius 3 is 2.42 bits per heavy atom. The smallest absolute Gasteiger partial charge is 0.0992 e. The summed E-state index contributed by atoms with van der Waals surface area (Å²) in [7, 11) is 1.57. The van der Waals surface area contributed by atoms with E-state index in [1.165, 1.54) is 0 Å². The zero-order valence-corrected chi connectivity index (χ0v) is 7.63.